The van der Waals surface area contributed by atoms with Crippen molar-refractivity contribution in [2.24, 2.45) is 4.99 Å². The first-order valence-corrected chi connectivity index (χ1v) is 7.15. The zero-order valence-electron chi connectivity index (χ0n) is 13.2. The van der Waals surface area contributed by atoms with Gasteiger partial charge >= 0.3 is 6.18 Å². The molecule has 1 unspecified atom stereocenters. The number of aliphatic hydroxyl groups excluding tert-OH is 1. The van der Waals surface area contributed by atoms with Crippen LogP contribution in [0.4, 0.5) is 13.2 Å². The summed E-state index contributed by atoms with van der Waals surface area (Å²) in [6.45, 7) is 4.08. The van der Waals surface area contributed by atoms with Crippen molar-refractivity contribution in [1.82, 2.24) is 10.6 Å². The molecule has 0 saturated heterocycles. The molecule has 0 heterocycles. The van der Waals surface area contributed by atoms with E-state index < -0.39 is 18.7 Å². The van der Waals surface area contributed by atoms with Crippen LogP contribution in [0.1, 0.15) is 30.6 Å². The van der Waals surface area contributed by atoms with Crippen LogP contribution >= 0.6 is 24.0 Å². The predicted molar refractivity (Wildman–Crippen MR) is 96.2 cm³/mol. The van der Waals surface area contributed by atoms with Crippen molar-refractivity contribution >= 4 is 29.9 Å². The van der Waals surface area contributed by atoms with Crippen molar-refractivity contribution < 1.29 is 18.3 Å². The van der Waals surface area contributed by atoms with Crippen molar-refractivity contribution in [3.63, 3.8) is 0 Å². The van der Waals surface area contributed by atoms with Crippen molar-refractivity contribution in [2.45, 2.75) is 32.5 Å². The standard InChI is InChI=1S/C15H22F3N3O.HI/c1-3-19-14(20-8-7-15(16,17)18)21-10-13(22)12-6-4-5-11(2)9-12;/h4-6,9,13,22H,3,7-8,10H2,1-2H3,(H2,19,20,21);1H. The van der Waals surface area contributed by atoms with Crippen molar-refractivity contribution in [3.05, 3.63) is 35.4 Å². The largest absolute Gasteiger partial charge is 0.390 e. The molecule has 0 spiro atoms. The molecule has 0 aromatic heterocycles. The molecule has 0 bridgehead atoms. The van der Waals surface area contributed by atoms with E-state index in [9.17, 15) is 18.3 Å². The topological polar surface area (TPSA) is 56.7 Å². The number of aryl methyl sites for hydroxylation is 1. The smallest absolute Gasteiger partial charge is 0.386 e. The molecule has 1 aromatic carbocycles. The van der Waals surface area contributed by atoms with Crippen LogP contribution in [-0.2, 0) is 0 Å². The van der Waals surface area contributed by atoms with Gasteiger partial charge in [-0.15, -0.1) is 24.0 Å². The number of hydrogen-bond acceptors (Lipinski definition) is 2. The molecule has 0 saturated carbocycles. The zero-order chi connectivity index (χ0) is 16.6. The Morgan fingerprint density at radius 1 is 1.30 bits per heavy atom. The van der Waals surface area contributed by atoms with Crippen molar-refractivity contribution in [1.29, 1.82) is 0 Å². The van der Waals surface area contributed by atoms with E-state index in [4.69, 9.17) is 0 Å². The maximum absolute atomic E-state index is 12.1. The van der Waals surface area contributed by atoms with Crippen LogP contribution < -0.4 is 10.6 Å². The Hall–Kier alpha value is -1.03. The second-order valence-electron chi connectivity index (χ2n) is 4.94. The number of benzene rings is 1. The normalized spacial score (nSPS) is 13.2. The van der Waals surface area contributed by atoms with Crippen LogP contribution in [0.5, 0.6) is 0 Å². The van der Waals surface area contributed by atoms with Gasteiger partial charge in [0, 0.05) is 13.1 Å². The van der Waals surface area contributed by atoms with Gasteiger partial charge in [0.15, 0.2) is 5.96 Å². The summed E-state index contributed by atoms with van der Waals surface area (Å²) in [4.78, 5) is 4.12. The molecule has 0 aliphatic rings. The Morgan fingerprint density at radius 2 is 2.00 bits per heavy atom. The Kier molecular flexibility index (Phi) is 10.2. The molecule has 23 heavy (non-hydrogen) atoms. The number of nitrogens with one attached hydrogen (secondary N) is 2. The predicted octanol–water partition coefficient (Wildman–Crippen LogP) is 3.15. The highest BCUT2D eigenvalue weighted by molar-refractivity contribution is 14.0. The highest BCUT2D eigenvalue weighted by atomic mass is 127. The monoisotopic (exact) mass is 445 g/mol. The van der Waals surface area contributed by atoms with E-state index in [2.05, 4.69) is 15.6 Å². The molecular weight excluding hydrogens is 422 g/mol. The lowest BCUT2D eigenvalue weighted by molar-refractivity contribution is -0.132. The Balaban J connectivity index is 0.00000484. The first-order chi connectivity index (χ1) is 10.3. The van der Waals surface area contributed by atoms with Gasteiger partial charge in [-0.1, -0.05) is 29.8 Å². The van der Waals surface area contributed by atoms with E-state index in [1.807, 2.05) is 32.0 Å². The van der Waals surface area contributed by atoms with E-state index in [1.54, 1.807) is 6.07 Å². The number of guanidine groups is 1. The Bertz CT molecular complexity index is 495. The minimum Gasteiger partial charge on any atom is -0.386 e. The van der Waals surface area contributed by atoms with Crippen LogP contribution in [0.25, 0.3) is 0 Å². The third-order valence-electron chi connectivity index (χ3n) is 2.89. The summed E-state index contributed by atoms with van der Waals surface area (Å²) in [5, 5.41) is 15.5. The zero-order valence-corrected chi connectivity index (χ0v) is 15.5. The number of halogens is 4. The number of alkyl halides is 3. The summed E-state index contributed by atoms with van der Waals surface area (Å²) < 4.78 is 36.4. The SMILES string of the molecule is CCNC(=NCC(O)c1cccc(C)c1)NCCC(F)(F)F.I. The van der Waals surface area contributed by atoms with Gasteiger partial charge in [-0.3, -0.25) is 4.99 Å². The van der Waals surface area contributed by atoms with Gasteiger partial charge in [-0.25, -0.2) is 0 Å². The van der Waals surface area contributed by atoms with Gasteiger partial charge in [0.1, 0.15) is 0 Å². The Morgan fingerprint density at radius 3 is 2.57 bits per heavy atom. The number of aliphatic hydroxyl groups is 1. The van der Waals surface area contributed by atoms with E-state index in [1.165, 1.54) is 0 Å². The minimum atomic E-state index is -4.20. The molecule has 1 rings (SSSR count). The second kappa shape index (κ2) is 10.7. The maximum atomic E-state index is 12.1. The minimum absolute atomic E-state index is 0. The van der Waals surface area contributed by atoms with Crippen LogP contribution in [0.15, 0.2) is 29.3 Å². The molecular formula is C15H23F3IN3O. The number of hydrogen-bond donors (Lipinski definition) is 3. The molecule has 4 nitrogen and oxygen atoms in total. The summed E-state index contributed by atoms with van der Waals surface area (Å²) in [6, 6.07) is 7.40. The number of rotatable bonds is 6. The fourth-order valence-corrected chi connectivity index (χ4v) is 1.82. The molecule has 1 aromatic rings. The van der Waals surface area contributed by atoms with Crippen molar-refractivity contribution in [2.75, 3.05) is 19.6 Å². The Labute approximate surface area is 151 Å². The lowest BCUT2D eigenvalue weighted by Crippen LogP contribution is -2.39. The van der Waals surface area contributed by atoms with Gasteiger partial charge in [0.25, 0.3) is 0 Å². The second-order valence-corrected chi connectivity index (χ2v) is 4.94. The van der Waals surface area contributed by atoms with E-state index >= 15 is 0 Å². The van der Waals surface area contributed by atoms with Crippen LogP contribution in [0.3, 0.4) is 0 Å². The van der Waals surface area contributed by atoms with Crippen LogP contribution in [-0.4, -0.2) is 36.9 Å². The highest BCUT2D eigenvalue weighted by Gasteiger charge is 2.26. The van der Waals surface area contributed by atoms with E-state index in [-0.39, 0.29) is 43.0 Å². The third kappa shape index (κ3) is 9.65. The molecule has 0 aliphatic heterocycles. The van der Waals surface area contributed by atoms with E-state index in [0.29, 0.717) is 6.54 Å². The quantitative estimate of drug-likeness (QED) is 0.358. The van der Waals surface area contributed by atoms with Crippen LogP contribution in [0.2, 0.25) is 0 Å². The molecule has 1 atom stereocenters. The van der Waals surface area contributed by atoms with Gasteiger partial charge in [0.2, 0.25) is 0 Å². The van der Waals surface area contributed by atoms with Gasteiger partial charge in [-0.05, 0) is 19.4 Å². The van der Waals surface area contributed by atoms with Gasteiger partial charge < -0.3 is 15.7 Å². The highest BCUT2D eigenvalue weighted by Crippen LogP contribution is 2.18. The maximum Gasteiger partial charge on any atom is 0.390 e. The summed E-state index contributed by atoms with van der Waals surface area (Å²) in [5.41, 5.74) is 1.76. The molecule has 0 amide bonds. The lowest BCUT2D eigenvalue weighted by atomic mass is 10.1. The number of nitrogens with zero attached hydrogens (tertiary/aromatic N) is 1. The molecule has 132 valence electrons. The van der Waals surface area contributed by atoms with Crippen molar-refractivity contribution in [3.8, 4) is 0 Å². The van der Waals surface area contributed by atoms with Gasteiger partial charge in [-0.2, -0.15) is 13.2 Å². The third-order valence-corrected chi connectivity index (χ3v) is 2.89. The average Bonchev–Trinajstić information content (AvgIpc) is 2.43. The van der Waals surface area contributed by atoms with Gasteiger partial charge in [0.05, 0.1) is 19.1 Å². The fourth-order valence-electron chi connectivity index (χ4n) is 1.82. The summed E-state index contributed by atoms with van der Waals surface area (Å²) in [5.74, 6) is 0.262. The molecule has 0 aliphatic carbocycles. The first kappa shape index (κ1) is 22.0. The number of aliphatic imine (C=N–C) groups is 1. The summed E-state index contributed by atoms with van der Waals surface area (Å²) in [7, 11) is 0. The summed E-state index contributed by atoms with van der Waals surface area (Å²) >= 11 is 0. The fraction of sp³-hybridized carbons (Fsp3) is 0.533. The molecule has 0 fully saturated rings. The van der Waals surface area contributed by atoms with Crippen LogP contribution in [0, 0.1) is 6.92 Å². The average molecular weight is 445 g/mol. The van der Waals surface area contributed by atoms with E-state index in [0.717, 1.165) is 11.1 Å². The molecule has 8 heteroatoms. The molecule has 0 radical (unpaired) electrons. The lowest BCUT2D eigenvalue weighted by Gasteiger charge is -2.14. The molecule has 3 N–H and O–H groups in total. The summed E-state index contributed by atoms with van der Waals surface area (Å²) in [6.07, 6.45) is -5.93. The first-order valence-electron chi connectivity index (χ1n) is 7.15.